The summed E-state index contributed by atoms with van der Waals surface area (Å²) in [7, 11) is 0. The van der Waals surface area contributed by atoms with Crippen LogP contribution in [0.5, 0.6) is 5.75 Å². The lowest BCUT2D eigenvalue weighted by Gasteiger charge is -2.20. The van der Waals surface area contributed by atoms with Crippen LogP contribution in [0.25, 0.3) is 0 Å². The van der Waals surface area contributed by atoms with Crippen LogP contribution < -0.4 is 10.5 Å². The number of alkyl halides is 1. The van der Waals surface area contributed by atoms with Gasteiger partial charge in [-0.25, -0.2) is 4.39 Å². The Labute approximate surface area is 103 Å². The maximum absolute atomic E-state index is 12.7. The van der Waals surface area contributed by atoms with Gasteiger partial charge in [0.25, 0.3) is 0 Å². The number of benzene rings is 1. The van der Waals surface area contributed by atoms with E-state index in [9.17, 15) is 14.0 Å². The molecule has 0 aliphatic rings. The predicted molar refractivity (Wildman–Crippen MR) is 62.0 cm³/mol. The molecule has 18 heavy (non-hydrogen) atoms. The molecule has 0 fully saturated rings. The average Bonchev–Trinajstić information content (AvgIpc) is 2.30. The number of carbonyl (C=O) groups excluding carboxylic acids is 1. The minimum Gasteiger partial charge on any atom is -0.480 e. The van der Waals surface area contributed by atoms with Gasteiger partial charge in [-0.05, 0) is 17.7 Å². The quantitative estimate of drug-likeness (QED) is 0.603. The van der Waals surface area contributed by atoms with Gasteiger partial charge < -0.3 is 15.6 Å². The Hall–Kier alpha value is -1.95. The number of halogens is 1. The summed E-state index contributed by atoms with van der Waals surface area (Å²) in [6, 6.07) is 6.07. The first-order valence-corrected chi connectivity index (χ1v) is 5.23. The summed E-state index contributed by atoms with van der Waals surface area (Å²) in [5, 5.41) is 8.83. The van der Waals surface area contributed by atoms with Crippen molar-refractivity contribution in [2.24, 2.45) is 5.73 Å². The second kappa shape index (κ2) is 5.59. The summed E-state index contributed by atoms with van der Waals surface area (Å²) in [5.74, 6) is -1.51. The molecule has 6 heteroatoms. The molecule has 1 aromatic carbocycles. The lowest BCUT2D eigenvalue weighted by molar-refractivity contribution is -0.144. The number of carboxylic acids is 1. The molecule has 0 spiro atoms. The van der Waals surface area contributed by atoms with E-state index in [1.165, 1.54) is 19.1 Å². The second-order valence-corrected chi connectivity index (χ2v) is 4.01. The maximum atomic E-state index is 12.7. The fourth-order valence-electron chi connectivity index (χ4n) is 1.39. The minimum atomic E-state index is -1.93. The third-order valence-corrected chi connectivity index (χ3v) is 2.37. The molecule has 0 aliphatic carbocycles. The number of nitrogens with two attached hydrogens (primary N) is 1. The Balaban J connectivity index is 2.80. The first kappa shape index (κ1) is 14.1. The summed E-state index contributed by atoms with van der Waals surface area (Å²) in [4.78, 5) is 21.5. The second-order valence-electron chi connectivity index (χ2n) is 4.01. The van der Waals surface area contributed by atoms with E-state index in [4.69, 9.17) is 15.6 Å². The predicted octanol–water partition coefficient (Wildman–Crippen LogP) is 0.906. The molecule has 0 radical (unpaired) electrons. The van der Waals surface area contributed by atoms with Gasteiger partial charge in [0.15, 0.2) is 0 Å². The standard InChI is InChI=1S/C12H14FNO4/c1-8(15)18-10-4-2-9(3-5-10)6-12(14,7-13)11(16)17/h2-5H,6-7,14H2,1H3,(H,16,17)/t12-/m1/s1. The summed E-state index contributed by atoms with van der Waals surface area (Å²) in [5.41, 5.74) is 4.05. The van der Waals surface area contributed by atoms with Crippen LogP contribution in [0.1, 0.15) is 12.5 Å². The Morgan fingerprint density at radius 1 is 1.39 bits per heavy atom. The normalized spacial score (nSPS) is 13.7. The summed E-state index contributed by atoms with van der Waals surface area (Å²) in [6.45, 7) is 0.111. The molecular formula is C12H14FNO4. The highest BCUT2D eigenvalue weighted by molar-refractivity contribution is 5.79. The van der Waals surface area contributed by atoms with E-state index in [1.54, 1.807) is 12.1 Å². The molecule has 1 atom stereocenters. The molecule has 0 aliphatic heterocycles. The Bertz CT molecular complexity index is 446. The lowest BCUT2D eigenvalue weighted by atomic mass is 9.93. The van der Waals surface area contributed by atoms with E-state index in [0.717, 1.165) is 0 Å². The van der Waals surface area contributed by atoms with E-state index >= 15 is 0 Å². The molecule has 0 heterocycles. The van der Waals surface area contributed by atoms with Crippen molar-refractivity contribution in [2.75, 3.05) is 6.67 Å². The van der Waals surface area contributed by atoms with Crippen molar-refractivity contribution in [2.45, 2.75) is 18.9 Å². The molecule has 0 saturated carbocycles. The summed E-state index contributed by atoms with van der Waals surface area (Å²) in [6.07, 6.45) is -0.140. The number of carboxylic acid groups (broad SMARTS) is 1. The lowest BCUT2D eigenvalue weighted by Crippen LogP contribution is -2.52. The molecule has 0 aromatic heterocycles. The Morgan fingerprint density at radius 2 is 1.94 bits per heavy atom. The largest absolute Gasteiger partial charge is 0.480 e. The van der Waals surface area contributed by atoms with Crippen molar-refractivity contribution < 1.29 is 23.8 Å². The average molecular weight is 255 g/mol. The topological polar surface area (TPSA) is 89.6 Å². The molecule has 1 rings (SSSR count). The molecule has 0 amide bonds. The fourth-order valence-corrected chi connectivity index (χ4v) is 1.39. The van der Waals surface area contributed by atoms with E-state index in [2.05, 4.69) is 0 Å². The van der Waals surface area contributed by atoms with Crippen molar-refractivity contribution in [3.05, 3.63) is 29.8 Å². The molecule has 3 N–H and O–H groups in total. The highest BCUT2D eigenvalue weighted by Crippen LogP contribution is 2.17. The summed E-state index contributed by atoms with van der Waals surface area (Å²) < 4.78 is 17.5. The van der Waals surface area contributed by atoms with E-state index < -0.39 is 24.2 Å². The monoisotopic (exact) mass is 255 g/mol. The molecular weight excluding hydrogens is 241 g/mol. The van der Waals surface area contributed by atoms with Gasteiger partial charge in [0, 0.05) is 13.3 Å². The van der Waals surface area contributed by atoms with Gasteiger partial charge in [-0.15, -0.1) is 0 Å². The number of rotatable bonds is 5. The third-order valence-electron chi connectivity index (χ3n) is 2.37. The van der Waals surface area contributed by atoms with Crippen LogP contribution in [0.15, 0.2) is 24.3 Å². The van der Waals surface area contributed by atoms with Gasteiger partial charge in [-0.1, -0.05) is 12.1 Å². The molecule has 0 unspecified atom stereocenters. The van der Waals surface area contributed by atoms with Crippen LogP contribution in [0.4, 0.5) is 4.39 Å². The van der Waals surface area contributed by atoms with Crippen LogP contribution in [0.3, 0.4) is 0 Å². The van der Waals surface area contributed by atoms with Gasteiger partial charge in [-0.2, -0.15) is 0 Å². The van der Waals surface area contributed by atoms with Gasteiger partial charge in [0.2, 0.25) is 0 Å². The van der Waals surface area contributed by atoms with Crippen LogP contribution in [-0.2, 0) is 16.0 Å². The molecule has 98 valence electrons. The number of esters is 1. The first-order chi connectivity index (χ1) is 8.37. The number of carbonyl (C=O) groups is 2. The van der Waals surface area contributed by atoms with Gasteiger partial charge in [0.1, 0.15) is 18.0 Å². The number of hydrogen-bond acceptors (Lipinski definition) is 4. The van der Waals surface area contributed by atoms with Crippen molar-refractivity contribution in [3.63, 3.8) is 0 Å². The molecule has 0 bridgehead atoms. The third kappa shape index (κ3) is 3.53. The first-order valence-electron chi connectivity index (χ1n) is 5.23. The molecule has 0 saturated heterocycles. The zero-order valence-corrected chi connectivity index (χ0v) is 9.85. The smallest absolute Gasteiger partial charge is 0.326 e. The van der Waals surface area contributed by atoms with E-state index in [0.29, 0.717) is 11.3 Å². The Kier molecular flexibility index (Phi) is 4.38. The minimum absolute atomic E-state index is 0.140. The van der Waals surface area contributed by atoms with Crippen LogP contribution in [0.2, 0.25) is 0 Å². The Morgan fingerprint density at radius 3 is 2.33 bits per heavy atom. The zero-order valence-electron chi connectivity index (χ0n) is 9.85. The van der Waals surface area contributed by atoms with Crippen LogP contribution >= 0.6 is 0 Å². The van der Waals surface area contributed by atoms with Gasteiger partial charge in [0.05, 0.1) is 0 Å². The SMILES string of the molecule is CC(=O)Oc1ccc(C[C@@](N)(CF)C(=O)O)cc1. The number of hydrogen-bond donors (Lipinski definition) is 2. The fraction of sp³-hybridized carbons (Fsp3) is 0.333. The zero-order chi connectivity index (χ0) is 13.8. The van der Waals surface area contributed by atoms with Gasteiger partial charge in [-0.3, -0.25) is 9.59 Å². The van der Waals surface area contributed by atoms with E-state index in [-0.39, 0.29) is 6.42 Å². The van der Waals surface area contributed by atoms with Crippen LogP contribution in [-0.4, -0.2) is 29.3 Å². The number of ether oxygens (including phenoxy) is 1. The summed E-state index contributed by atoms with van der Waals surface area (Å²) >= 11 is 0. The number of aliphatic carboxylic acids is 1. The molecule has 5 nitrogen and oxygen atoms in total. The van der Waals surface area contributed by atoms with E-state index in [1.807, 2.05) is 0 Å². The van der Waals surface area contributed by atoms with Crippen molar-refractivity contribution in [1.29, 1.82) is 0 Å². The highest BCUT2D eigenvalue weighted by atomic mass is 19.1. The highest BCUT2D eigenvalue weighted by Gasteiger charge is 2.34. The van der Waals surface area contributed by atoms with Crippen molar-refractivity contribution in [3.8, 4) is 5.75 Å². The van der Waals surface area contributed by atoms with Crippen molar-refractivity contribution >= 4 is 11.9 Å². The van der Waals surface area contributed by atoms with Gasteiger partial charge >= 0.3 is 11.9 Å². The molecule has 1 aromatic rings. The van der Waals surface area contributed by atoms with Crippen LogP contribution in [0, 0.1) is 0 Å². The van der Waals surface area contributed by atoms with Crippen molar-refractivity contribution in [1.82, 2.24) is 0 Å². The maximum Gasteiger partial charge on any atom is 0.326 e.